The van der Waals surface area contributed by atoms with E-state index in [1.807, 2.05) is 0 Å². The Morgan fingerprint density at radius 2 is 0.932 bits per heavy atom. The fraction of sp³-hybridized carbons (Fsp3) is 0.969. The third kappa shape index (κ3) is 31.1. The van der Waals surface area contributed by atoms with Gasteiger partial charge in [-0.2, -0.15) is 0 Å². The second-order valence-corrected chi connectivity index (χ2v) is 10.3. The average Bonchev–Trinajstić information content (AvgIpc) is 3.04. The van der Waals surface area contributed by atoms with Gasteiger partial charge in [-0.25, -0.2) is 0 Å². The van der Waals surface area contributed by atoms with Crippen LogP contribution in [0.1, 0.15) is 71.1 Å². The molecule has 1 heterocycles. The first kappa shape index (κ1) is 41.1. The third-order valence-corrected chi connectivity index (χ3v) is 6.50. The van der Waals surface area contributed by atoms with E-state index in [-0.39, 0.29) is 18.9 Å². The Morgan fingerprint density at radius 3 is 1.36 bits per heavy atom. The van der Waals surface area contributed by atoms with E-state index in [1.54, 1.807) is 0 Å². The van der Waals surface area contributed by atoms with Gasteiger partial charge in [-0.15, -0.1) is 0 Å². The Balaban J connectivity index is 1.63. The van der Waals surface area contributed by atoms with Crippen LogP contribution in [0.25, 0.3) is 0 Å². The van der Waals surface area contributed by atoms with Crippen LogP contribution < -0.4 is 0 Å². The zero-order valence-electron chi connectivity index (χ0n) is 27.5. The van der Waals surface area contributed by atoms with Crippen molar-refractivity contribution in [2.45, 2.75) is 77.4 Å². The van der Waals surface area contributed by atoms with E-state index in [9.17, 15) is 4.79 Å². The van der Waals surface area contributed by atoms with Crippen LogP contribution in [0.3, 0.4) is 0 Å². The minimum atomic E-state index is -0.141. The fourth-order valence-electron chi connectivity index (χ4n) is 4.06. The summed E-state index contributed by atoms with van der Waals surface area (Å²) in [7, 11) is 0. The SMILES string of the molecule is CCCCCCCCC(=O)OCCOCCOCCOCCOCCOCCOCCOCCOCCOC1CCCCO1. The normalized spacial score (nSPS) is 15.2. The van der Waals surface area contributed by atoms with E-state index in [1.165, 1.54) is 32.1 Å². The first-order chi connectivity index (χ1) is 21.8. The summed E-state index contributed by atoms with van der Waals surface area (Å²) in [6, 6.07) is 0. The summed E-state index contributed by atoms with van der Waals surface area (Å²) >= 11 is 0. The summed E-state index contributed by atoms with van der Waals surface area (Å²) in [6.07, 6.45) is 10.6. The van der Waals surface area contributed by atoms with Gasteiger partial charge in [0.15, 0.2) is 6.29 Å². The summed E-state index contributed by atoms with van der Waals surface area (Å²) in [6.45, 7) is 11.8. The quantitative estimate of drug-likeness (QED) is 0.0739. The number of carbonyl (C=O) groups excluding carboxylic acids is 1. The van der Waals surface area contributed by atoms with Crippen LogP contribution in [-0.2, 0) is 56.9 Å². The molecule has 1 fully saturated rings. The smallest absolute Gasteiger partial charge is 0.305 e. The van der Waals surface area contributed by atoms with Gasteiger partial charge in [0.1, 0.15) is 6.61 Å². The largest absolute Gasteiger partial charge is 0.463 e. The molecule has 0 amide bonds. The van der Waals surface area contributed by atoms with Crippen molar-refractivity contribution in [2.24, 2.45) is 0 Å². The zero-order chi connectivity index (χ0) is 31.4. The van der Waals surface area contributed by atoms with Crippen molar-refractivity contribution in [3.8, 4) is 0 Å². The summed E-state index contributed by atoms with van der Waals surface area (Å²) in [4.78, 5) is 11.7. The van der Waals surface area contributed by atoms with Gasteiger partial charge in [0.2, 0.25) is 0 Å². The van der Waals surface area contributed by atoms with Crippen molar-refractivity contribution < 1.29 is 56.9 Å². The number of unbranched alkanes of at least 4 members (excludes halogenated alkanes) is 5. The molecule has 1 saturated heterocycles. The molecule has 0 aromatic carbocycles. The molecule has 1 rings (SSSR count). The lowest BCUT2D eigenvalue weighted by Gasteiger charge is -2.22. The summed E-state index contributed by atoms with van der Waals surface area (Å²) < 4.78 is 60.0. The monoisotopic (exact) mass is 638 g/mol. The van der Waals surface area contributed by atoms with Crippen LogP contribution in [0, 0.1) is 0 Å². The van der Waals surface area contributed by atoms with Crippen LogP contribution in [0.4, 0.5) is 0 Å². The molecule has 0 aliphatic carbocycles. The molecule has 262 valence electrons. The number of hydrogen-bond donors (Lipinski definition) is 0. The summed E-state index contributed by atoms with van der Waals surface area (Å²) in [5, 5.41) is 0. The highest BCUT2D eigenvalue weighted by molar-refractivity contribution is 5.69. The second-order valence-electron chi connectivity index (χ2n) is 10.3. The van der Waals surface area contributed by atoms with Crippen LogP contribution in [0.2, 0.25) is 0 Å². The van der Waals surface area contributed by atoms with Gasteiger partial charge >= 0.3 is 5.97 Å². The third-order valence-electron chi connectivity index (χ3n) is 6.50. The van der Waals surface area contributed by atoms with Gasteiger partial charge in [0, 0.05) is 13.0 Å². The topological polar surface area (TPSA) is 119 Å². The fourth-order valence-corrected chi connectivity index (χ4v) is 4.06. The molecule has 1 aliphatic heterocycles. The molecular weight excluding hydrogens is 576 g/mol. The van der Waals surface area contributed by atoms with E-state index >= 15 is 0 Å². The summed E-state index contributed by atoms with van der Waals surface area (Å²) in [5.41, 5.74) is 0. The number of esters is 1. The van der Waals surface area contributed by atoms with Gasteiger partial charge in [0.25, 0.3) is 0 Å². The molecule has 0 N–H and O–H groups in total. The first-order valence-corrected chi connectivity index (χ1v) is 16.8. The lowest BCUT2D eigenvalue weighted by atomic mass is 10.1. The predicted octanol–water partition coefficient (Wildman–Crippen LogP) is 3.96. The van der Waals surface area contributed by atoms with Gasteiger partial charge in [-0.05, 0) is 25.7 Å². The Morgan fingerprint density at radius 1 is 0.523 bits per heavy atom. The molecule has 0 bridgehead atoms. The molecule has 0 aromatic rings. The lowest BCUT2D eigenvalue weighted by molar-refractivity contribution is -0.169. The van der Waals surface area contributed by atoms with E-state index < -0.39 is 0 Å². The molecule has 0 aromatic heterocycles. The summed E-state index contributed by atoms with van der Waals surface area (Å²) in [5.74, 6) is -0.141. The van der Waals surface area contributed by atoms with Crippen molar-refractivity contribution >= 4 is 5.97 Å². The minimum Gasteiger partial charge on any atom is -0.463 e. The second kappa shape index (κ2) is 34.9. The number of rotatable bonds is 35. The van der Waals surface area contributed by atoms with E-state index in [0.29, 0.717) is 119 Å². The Kier molecular flexibility index (Phi) is 32.6. The number of ether oxygens (including phenoxy) is 11. The zero-order valence-corrected chi connectivity index (χ0v) is 27.5. The van der Waals surface area contributed by atoms with Gasteiger partial charge < -0.3 is 52.1 Å². The van der Waals surface area contributed by atoms with Crippen molar-refractivity contribution in [1.29, 1.82) is 0 Å². The Labute approximate surface area is 265 Å². The maximum atomic E-state index is 11.7. The van der Waals surface area contributed by atoms with Crippen LogP contribution >= 0.6 is 0 Å². The molecule has 0 spiro atoms. The maximum absolute atomic E-state index is 11.7. The molecule has 1 atom stereocenters. The predicted molar refractivity (Wildman–Crippen MR) is 165 cm³/mol. The average molecular weight is 639 g/mol. The highest BCUT2D eigenvalue weighted by Crippen LogP contribution is 2.13. The van der Waals surface area contributed by atoms with Crippen LogP contribution in [0.5, 0.6) is 0 Å². The molecule has 1 unspecified atom stereocenters. The highest BCUT2D eigenvalue weighted by atomic mass is 16.7. The molecule has 1 aliphatic rings. The van der Waals surface area contributed by atoms with Crippen molar-refractivity contribution in [3.05, 3.63) is 0 Å². The van der Waals surface area contributed by atoms with Crippen molar-refractivity contribution in [2.75, 3.05) is 126 Å². The molecular formula is C32H62O12. The van der Waals surface area contributed by atoms with E-state index in [2.05, 4.69) is 6.92 Å². The molecule has 12 nitrogen and oxygen atoms in total. The van der Waals surface area contributed by atoms with Crippen LogP contribution in [-0.4, -0.2) is 138 Å². The van der Waals surface area contributed by atoms with Crippen molar-refractivity contribution in [1.82, 2.24) is 0 Å². The van der Waals surface area contributed by atoms with Gasteiger partial charge in [-0.3, -0.25) is 4.79 Å². The van der Waals surface area contributed by atoms with Crippen LogP contribution in [0.15, 0.2) is 0 Å². The first-order valence-electron chi connectivity index (χ1n) is 16.8. The standard InChI is InChI=1S/C32H62O12/c1-2-3-4-5-6-7-10-31(33)42-29-27-40-25-23-38-21-19-36-17-15-34-13-14-35-16-18-37-20-22-39-24-26-41-28-30-44-32-11-8-9-12-43-32/h32H,2-30H2,1H3. The van der Waals surface area contributed by atoms with E-state index in [4.69, 9.17) is 52.1 Å². The van der Waals surface area contributed by atoms with Gasteiger partial charge in [-0.1, -0.05) is 39.0 Å². The maximum Gasteiger partial charge on any atom is 0.305 e. The van der Waals surface area contributed by atoms with E-state index in [0.717, 1.165) is 32.3 Å². The lowest BCUT2D eigenvalue weighted by Crippen LogP contribution is -2.24. The molecule has 44 heavy (non-hydrogen) atoms. The number of carbonyl (C=O) groups is 1. The van der Waals surface area contributed by atoms with Gasteiger partial charge in [0.05, 0.1) is 112 Å². The molecule has 0 radical (unpaired) electrons. The molecule has 0 saturated carbocycles. The molecule has 12 heteroatoms. The minimum absolute atomic E-state index is 0.0661. The Hall–Kier alpha value is -0.930. The Bertz CT molecular complexity index is 577. The number of hydrogen-bond acceptors (Lipinski definition) is 12. The van der Waals surface area contributed by atoms with Crippen molar-refractivity contribution in [3.63, 3.8) is 0 Å². The highest BCUT2D eigenvalue weighted by Gasteiger charge is 2.13.